The Hall–Kier alpha value is -2.09. The standard InChI is InChI=1S/C8H5F2NO5/c9-3-1-4(10)6(7(12)8(13)14)5(2-3)11(15)16/h1-2,7,12H,(H,13,14)/t7-/m1/s1. The molecule has 2 N–H and O–H groups in total. The fourth-order valence-electron chi connectivity index (χ4n) is 1.12. The third-order valence-corrected chi connectivity index (χ3v) is 1.78. The van der Waals surface area contributed by atoms with E-state index in [0.717, 1.165) is 0 Å². The molecule has 0 aromatic heterocycles. The number of carboxylic acids is 1. The van der Waals surface area contributed by atoms with Crippen molar-refractivity contribution in [1.29, 1.82) is 0 Å². The van der Waals surface area contributed by atoms with Crippen molar-refractivity contribution in [2.75, 3.05) is 0 Å². The van der Waals surface area contributed by atoms with Crippen LogP contribution in [0.15, 0.2) is 12.1 Å². The number of nitrogens with zero attached hydrogens (tertiary/aromatic N) is 1. The molecule has 1 aromatic carbocycles. The molecule has 0 radical (unpaired) electrons. The molecule has 0 saturated carbocycles. The lowest BCUT2D eigenvalue weighted by Crippen LogP contribution is -2.14. The van der Waals surface area contributed by atoms with Crippen molar-refractivity contribution in [2.45, 2.75) is 6.10 Å². The Morgan fingerprint density at radius 2 is 2.00 bits per heavy atom. The summed E-state index contributed by atoms with van der Waals surface area (Å²) in [6.45, 7) is 0. The van der Waals surface area contributed by atoms with E-state index in [1.807, 2.05) is 0 Å². The SMILES string of the molecule is O=C(O)[C@H](O)c1c(F)cc(F)cc1[N+](=O)[O-]. The molecule has 0 bridgehead atoms. The molecule has 0 saturated heterocycles. The smallest absolute Gasteiger partial charge is 0.337 e. The van der Waals surface area contributed by atoms with E-state index in [-0.39, 0.29) is 6.07 Å². The van der Waals surface area contributed by atoms with Crippen LogP contribution in [0.5, 0.6) is 0 Å². The fourth-order valence-corrected chi connectivity index (χ4v) is 1.12. The summed E-state index contributed by atoms with van der Waals surface area (Å²) in [6, 6.07) is 0.596. The highest BCUT2D eigenvalue weighted by Crippen LogP contribution is 2.29. The molecule has 0 aliphatic rings. The molecule has 0 aliphatic carbocycles. The van der Waals surface area contributed by atoms with Crippen molar-refractivity contribution in [3.05, 3.63) is 39.4 Å². The van der Waals surface area contributed by atoms with Crippen molar-refractivity contribution in [2.24, 2.45) is 0 Å². The van der Waals surface area contributed by atoms with Gasteiger partial charge in [-0.25, -0.2) is 13.6 Å². The third-order valence-electron chi connectivity index (χ3n) is 1.78. The topological polar surface area (TPSA) is 101 Å². The zero-order valence-corrected chi connectivity index (χ0v) is 7.55. The summed E-state index contributed by atoms with van der Waals surface area (Å²) in [6.07, 6.45) is -2.42. The lowest BCUT2D eigenvalue weighted by atomic mass is 10.1. The minimum atomic E-state index is -2.42. The van der Waals surface area contributed by atoms with Crippen molar-refractivity contribution in [3.63, 3.8) is 0 Å². The highest BCUT2D eigenvalue weighted by atomic mass is 19.1. The van der Waals surface area contributed by atoms with Crippen molar-refractivity contribution >= 4 is 11.7 Å². The minimum absolute atomic E-state index is 0.258. The maximum absolute atomic E-state index is 13.1. The number of carbonyl (C=O) groups is 1. The van der Waals surface area contributed by atoms with Crippen LogP contribution in [0.3, 0.4) is 0 Å². The van der Waals surface area contributed by atoms with E-state index in [9.17, 15) is 23.7 Å². The number of aliphatic hydroxyl groups excluding tert-OH is 1. The van der Waals surface area contributed by atoms with Gasteiger partial charge in [-0.1, -0.05) is 0 Å². The first kappa shape index (κ1) is 12.0. The predicted octanol–water partition coefficient (Wildman–Crippen LogP) is 0.991. The van der Waals surface area contributed by atoms with E-state index in [1.165, 1.54) is 0 Å². The summed E-state index contributed by atoms with van der Waals surface area (Å²) in [5.74, 6) is -4.58. The van der Waals surface area contributed by atoms with Gasteiger partial charge in [-0.05, 0) is 0 Å². The van der Waals surface area contributed by atoms with E-state index in [4.69, 9.17) is 10.2 Å². The van der Waals surface area contributed by atoms with Gasteiger partial charge in [0.15, 0.2) is 6.10 Å². The molecule has 0 heterocycles. The molecule has 6 nitrogen and oxygen atoms in total. The average molecular weight is 233 g/mol. The van der Waals surface area contributed by atoms with Gasteiger partial charge in [0.2, 0.25) is 0 Å². The number of aliphatic carboxylic acids is 1. The number of carboxylic acid groups (broad SMARTS) is 1. The number of halogens is 2. The molecule has 86 valence electrons. The molecule has 8 heteroatoms. The van der Waals surface area contributed by atoms with Crippen LogP contribution in [0.1, 0.15) is 11.7 Å². The van der Waals surface area contributed by atoms with Crippen molar-refractivity contribution in [3.8, 4) is 0 Å². The largest absolute Gasteiger partial charge is 0.479 e. The zero-order valence-electron chi connectivity index (χ0n) is 7.55. The molecule has 0 amide bonds. The first-order valence-electron chi connectivity index (χ1n) is 3.88. The second-order valence-electron chi connectivity index (χ2n) is 2.82. The van der Waals surface area contributed by atoms with Crippen LogP contribution >= 0.6 is 0 Å². The maximum atomic E-state index is 13.1. The molecule has 0 aliphatic heterocycles. The summed E-state index contributed by atoms with van der Waals surface area (Å²) in [5.41, 5.74) is -2.19. The summed E-state index contributed by atoms with van der Waals surface area (Å²) in [5, 5.41) is 27.9. The molecule has 1 rings (SSSR count). The highest BCUT2D eigenvalue weighted by molar-refractivity contribution is 5.76. The van der Waals surface area contributed by atoms with E-state index in [1.54, 1.807) is 0 Å². The van der Waals surface area contributed by atoms with Gasteiger partial charge in [-0.15, -0.1) is 0 Å². The Morgan fingerprint density at radius 3 is 2.44 bits per heavy atom. The number of aliphatic hydroxyl groups is 1. The van der Waals surface area contributed by atoms with Crippen LogP contribution in [0.2, 0.25) is 0 Å². The summed E-state index contributed by atoms with van der Waals surface area (Å²) < 4.78 is 25.8. The Bertz CT molecular complexity index is 462. The van der Waals surface area contributed by atoms with Crippen molar-refractivity contribution < 1.29 is 28.7 Å². The number of hydrogen-bond acceptors (Lipinski definition) is 4. The van der Waals surface area contributed by atoms with Crippen LogP contribution in [-0.4, -0.2) is 21.1 Å². The maximum Gasteiger partial charge on any atom is 0.337 e. The lowest BCUT2D eigenvalue weighted by molar-refractivity contribution is -0.386. The number of nitro groups is 1. The minimum Gasteiger partial charge on any atom is -0.479 e. The van der Waals surface area contributed by atoms with Gasteiger partial charge < -0.3 is 10.2 Å². The molecule has 0 fully saturated rings. The third kappa shape index (κ3) is 2.11. The van der Waals surface area contributed by atoms with E-state index >= 15 is 0 Å². The van der Waals surface area contributed by atoms with Gasteiger partial charge in [-0.2, -0.15) is 0 Å². The Labute approximate surface area is 86.9 Å². The van der Waals surface area contributed by atoms with Gasteiger partial charge in [0.25, 0.3) is 5.69 Å². The number of hydrogen-bond donors (Lipinski definition) is 2. The van der Waals surface area contributed by atoms with Crippen LogP contribution in [-0.2, 0) is 4.79 Å². The first-order chi connectivity index (χ1) is 7.34. The van der Waals surface area contributed by atoms with Crippen molar-refractivity contribution in [1.82, 2.24) is 0 Å². The Kier molecular flexibility index (Phi) is 3.14. The second kappa shape index (κ2) is 4.19. The second-order valence-corrected chi connectivity index (χ2v) is 2.82. The van der Waals surface area contributed by atoms with Crippen LogP contribution < -0.4 is 0 Å². The molecule has 1 aromatic rings. The first-order valence-corrected chi connectivity index (χ1v) is 3.88. The number of rotatable bonds is 3. The predicted molar refractivity (Wildman–Crippen MR) is 45.6 cm³/mol. The van der Waals surface area contributed by atoms with E-state index in [2.05, 4.69) is 0 Å². The quantitative estimate of drug-likeness (QED) is 0.598. The Balaban J connectivity index is 3.46. The zero-order chi connectivity index (χ0) is 12.5. The lowest BCUT2D eigenvalue weighted by Gasteiger charge is -2.07. The van der Waals surface area contributed by atoms with Crippen LogP contribution in [0.25, 0.3) is 0 Å². The molecule has 0 spiro atoms. The number of benzene rings is 1. The van der Waals surface area contributed by atoms with Gasteiger partial charge in [0.05, 0.1) is 11.0 Å². The normalized spacial score (nSPS) is 12.2. The van der Waals surface area contributed by atoms with Crippen LogP contribution in [0, 0.1) is 21.7 Å². The highest BCUT2D eigenvalue weighted by Gasteiger charge is 2.30. The molecular formula is C8H5F2NO5. The molecular weight excluding hydrogens is 228 g/mol. The molecule has 0 unspecified atom stereocenters. The molecule has 1 atom stereocenters. The van der Waals surface area contributed by atoms with E-state index < -0.39 is 39.9 Å². The summed E-state index contributed by atoms with van der Waals surface area (Å²) in [7, 11) is 0. The monoisotopic (exact) mass is 233 g/mol. The van der Waals surface area contributed by atoms with Gasteiger partial charge in [0.1, 0.15) is 17.2 Å². The number of nitro benzene ring substituents is 1. The average Bonchev–Trinajstić information content (AvgIpc) is 2.15. The van der Waals surface area contributed by atoms with Gasteiger partial charge in [-0.3, -0.25) is 10.1 Å². The van der Waals surface area contributed by atoms with E-state index in [0.29, 0.717) is 6.07 Å². The summed E-state index contributed by atoms with van der Waals surface area (Å²) >= 11 is 0. The van der Waals surface area contributed by atoms with Crippen LogP contribution in [0.4, 0.5) is 14.5 Å². The molecule has 16 heavy (non-hydrogen) atoms. The Morgan fingerprint density at radius 1 is 1.44 bits per heavy atom. The van der Waals surface area contributed by atoms with Gasteiger partial charge >= 0.3 is 5.97 Å². The summed E-state index contributed by atoms with van der Waals surface area (Å²) in [4.78, 5) is 19.6. The van der Waals surface area contributed by atoms with Gasteiger partial charge in [0, 0.05) is 6.07 Å². The fraction of sp³-hybridized carbons (Fsp3) is 0.125.